The Morgan fingerprint density at radius 2 is 1.95 bits per heavy atom. The lowest BCUT2D eigenvalue weighted by Crippen LogP contribution is -2.06. The summed E-state index contributed by atoms with van der Waals surface area (Å²) in [6.07, 6.45) is 0. The number of nitrogens with zero attached hydrogens (tertiary/aromatic N) is 1. The third kappa shape index (κ3) is 3.12. The second-order valence-corrected chi connectivity index (χ2v) is 5.51. The number of aryl methyl sites for hydroxylation is 2. The number of nitrogens with one attached hydrogen (secondary N) is 1. The third-order valence-electron chi connectivity index (χ3n) is 2.91. The van der Waals surface area contributed by atoms with Crippen molar-refractivity contribution in [2.45, 2.75) is 26.8 Å². The maximum Gasteiger partial charge on any atom is 0.347 e. The molecule has 2 rings (SSSR count). The first-order valence-electron chi connectivity index (χ1n) is 6.01. The van der Waals surface area contributed by atoms with Gasteiger partial charge in [-0.05, 0) is 26.3 Å². The monoisotopic (exact) mass is 276 g/mol. The molecule has 0 saturated heterocycles. The van der Waals surface area contributed by atoms with E-state index in [4.69, 9.17) is 5.11 Å². The molecule has 2 aromatic rings. The van der Waals surface area contributed by atoms with Crippen molar-refractivity contribution in [3.05, 3.63) is 46.0 Å². The van der Waals surface area contributed by atoms with E-state index in [1.165, 1.54) is 16.9 Å². The van der Waals surface area contributed by atoms with Gasteiger partial charge in [0.05, 0.1) is 11.7 Å². The number of benzene rings is 1. The Balaban J connectivity index is 2.14. The van der Waals surface area contributed by atoms with Crippen LogP contribution in [-0.2, 0) is 0 Å². The molecule has 5 heteroatoms. The fraction of sp³-hybridized carbons (Fsp3) is 0.286. The van der Waals surface area contributed by atoms with E-state index >= 15 is 0 Å². The first-order valence-corrected chi connectivity index (χ1v) is 6.83. The number of aromatic carboxylic acids is 1. The van der Waals surface area contributed by atoms with Crippen LogP contribution >= 0.6 is 11.3 Å². The minimum absolute atomic E-state index is 0.0906. The van der Waals surface area contributed by atoms with Crippen LogP contribution in [-0.4, -0.2) is 16.1 Å². The third-order valence-corrected chi connectivity index (χ3v) is 3.98. The van der Waals surface area contributed by atoms with Crippen molar-refractivity contribution >= 4 is 22.4 Å². The van der Waals surface area contributed by atoms with Crippen molar-refractivity contribution < 1.29 is 9.90 Å². The largest absolute Gasteiger partial charge is 0.477 e. The first kappa shape index (κ1) is 13.5. The molecule has 1 aromatic carbocycles. The van der Waals surface area contributed by atoms with Gasteiger partial charge in [-0.2, -0.15) is 0 Å². The van der Waals surface area contributed by atoms with Gasteiger partial charge in [-0.25, -0.2) is 9.78 Å². The van der Waals surface area contributed by atoms with Crippen LogP contribution in [0.25, 0.3) is 0 Å². The fourth-order valence-electron chi connectivity index (χ4n) is 1.78. The van der Waals surface area contributed by atoms with Crippen LogP contribution in [0.5, 0.6) is 0 Å². The highest BCUT2D eigenvalue weighted by Gasteiger charge is 2.15. The smallest absolute Gasteiger partial charge is 0.347 e. The lowest BCUT2D eigenvalue weighted by atomic mass is 10.1. The Bertz CT molecular complexity index is 590. The first-order chi connectivity index (χ1) is 8.97. The predicted octanol–water partition coefficient (Wildman–Crippen LogP) is 3.63. The standard InChI is InChI=1S/C14H16N2O2S/c1-8-4-6-11(7-5-8)9(2)15-14-16-10(3)12(19-14)13(17)18/h4-7,9H,1-3H3,(H,15,16)(H,17,18). The molecule has 2 N–H and O–H groups in total. The number of hydrogen-bond donors (Lipinski definition) is 2. The Kier molecular flexibility index (Phi) is 3.85. The Morgan fingerprint density at radius 1 is 1.32 bits per heavy atom. The van der Waals surface area contributed by atoms with Crippen molar-refractivity contribution in [2.24, 2.45) is 0 Å². The Morgan fingerprint density at radius 3 is 2.47 bits per heavy atom. The summed E-state index contributed by atoms with van der Waals surface area (Å²) in [6.45, 7) is 5.79. The van der Waals surface area contributed by atoms with E-state index < -0.39 is 5.97 Å². The van der Waals surface area contributed by atoms with Gasteiger partial charge in [-0.3, -0.25) is 0 Å². The topological polar surface area (TPSA) is 62.2 Å². The SMILES string of the molecule is Cc1ccc(C(C)Nc2nc(C)c(C(=O)O)s2)cc1. The number of carboxylic acid groups (broad SMARTS) is 1. The normalized spacial score (nSPS) is 12.2. The molecule has 100 valence electrons. The average Bonchev–Trinajstić information content (AvgIpc) is 2.71. The van der Waals surface area contributed by atoms with Crippen LogP contribution in [0.2, 0.25) is 0 Å². The number of hydrogen-bond acceptors (Lipinski definition) is 4. The lowest BCUT2D eigenvalue weighted by molar-refractivity contribution is 0.0701. The van der Waals surface area contributed by atoms with Gasteiger partial charge in [0.1, 0.15) is 4.88 Å². The lowest BCUT2D eigenvalue weighted by Gasteiger charge is -2.13. The van der Waals surface area contributed by atoms with E-state index in [9.17, 15) is 4.79 Å². The molecule has 0 fully saturated rings. The van der Waals surface area contributed by atoms with Crippen molar-refractivity contribution in [2.75, 3.05) is 5.32 Å². The summed E-state index contributed by atoms with van der Waals surface area (Å²) in [5.74, 6) is -0.925. The van der Waals surface area contributed by atoms with Crippen LogP contribution in [0, 0.1) is 13.8 Å². The highest BCUT2D eigenvalue weighted by atomic mass is 32.1. The Hall–Kier alpha value is -1.88. The molecule has 1 aromatic heterocycles. The van der Waals surface area contributed by atoms with E-state index in [-0.39, 0.29) is 6.04 Å². The number of thiazole rings is 1. The molecular weight excluding hydrogens is 260 g/mol. The summed E-state index contributed by atoms with van der Waals surface area (Å²) >= 11 is 1.17. The van der Waals surface area contributed by atoms with Gasteiger partial charge in [-0.1, -0.05) is 41.2 Å². The van der Waals surface area contributed by atoms with Crippen LogP contribution in [0.4, 0.5) is 5.13 Å². The molecule has 1 heterocycles. The van der Waals surface area contributed by atoms with Gasteiger partial charge in [0, 0.05) is 0 Å². The van der Waals surface area contributed by atoms with E-state index in [2.05, 4.69) is 34.6 Å². The molecule has 0 aliphatic carbocycles. The molecule has 4 nitrogen and oxygen atoms in total. The number of anilines is 1. The second kappa shape index (κ2) is 5.40. The minimum Gasteiger partial charge on any atom is -0.477 e. The van der Waals surface area contributed by atoms with E-state index in [0.29, 0.717) is 15.7 Å². The van der Waals surface area contributed by atoms with Crippen LogP contribution in [0.15, 0.2) is 24.3 Å². The van der Waals surface area contributed by atoms with Crippen LogP contribution in [0.1, 0.15) is 39.5 Å². The van der Waals surface area contributed by atoms with Crippen LogP contribution < -0.4 is 5.32 Å². The maximum absolute atomic E-state index is 11.0. The van der Waals surface area contributed by atoms with Crippen molar-refractivity contribution in [1.29, 1.82) is 0 Å². The molecule has 1 atom stereocenters. The summed E-state index contributed by atoms with van der Waals surface area (Å²) in [5, 5.41) is 12.9. The average molecular weight is 276 g/mol. The summed E-state index contributed by atoms with van der Waals surface area (Å²) in [5.41, 5.74) is 2.92. The van der Waals surface area contributed by atoms with Crippen molar-refractivity contribution in [1.82, 2.24) is 4.98 Å². The molecule has 19 heavy (non-hydrogen) atoms. The molecule has 0 aliphatic rings. The molecule has 0 spiro atoms. The summed E-state index contributed by atoms with van der Waals surface area (Å²) in [4.78, 5) is 15.5. The van der Waals surface area contributed by atoms with E-state index in [0.717, 1.165) is 5.56 Å². The number of rotatable bonds is 4. The molecule has 1 unspecified atom stereocenters. The minimum atomic E-state index is -0.925. The number of aromatic nitrogens is 1. The molecule has 0 aliphatic heterocycles. The number of carboxylic acids is 1. The number of carbonyl (C=O) groups is 1. The zero-order valence-corrected chi connectivity index (χ0v) is 11.9. The zero-order chi connectivity index (χ0) is 14.0. The molecule has 0 saturated carbocycles. The molecule has 0 amide bonds. The van der Waals surface area contributed by atoms with E-state index in [1.54, 1.807) is 6.92 Å². The van der Waals surface area contributed by atoms with Crippen molar-refractivity contribution in [3.63, 3.8) is 0 Å². The van der Waals surface area contributed by atoms with E-state index in [1.807, 2.05) is 13.8 Å². The molecule has 0 bridgehead atoms. The van der Waals surface area contributed by atoms with Crippen LogP contribution in [0.3, 0.4) is 0 Å². The maximum atomic E-state index is 11.0. The summed E-state index contributed by atoms with van der Waals surface area (Å²) in [7, 11) is 0. The fourth-order valence-corrected chi connectivity index (χ4v) is 2.67. The highest BCUT2D eigenvalue weighted by molar-refractivity contribution is 7.17. The highest BCUT2D eigenvalue weighted by Crippen LogP contribution is 2.26. The van der Waals surface area contributed by atoms with Gasteiger partial charge < -0.3 is 10.4 Å². The quantitative estimate of drug-likeness (QED) is 0.895. The molecule has 0 radical (unpaired) electrons. The zero-order valence-electron chi connectivity index (χ0n) is 11.1. The molecular formula is C14H16N2O2S. The summed E-state index contributed by atoms with van der Waals surface area (Å²) in [6, 6.07) is 8.33. The second-order valence-electron chi connectivity index (χ2n) is 4.52. The van der Waals surface area contributed by atoms with Gasteiger partial charge in [0.15, 0.2) is 5.13 Å². The van der Waals surface area contributed by atoms with Crippen molar-refractivity contribution in [3.8, 4) is 0 Å². The van der Waals surface area contributed by atoms with Gasteiger partial charge in [0.25, 0.3) is 0 Å². The predicted molar refractivity (Wildman–Crippen MR) is 77.0 cm³/mol. The van der Waals surface area contributed by atoms with Gasteiger partial charge in [0.2, 0.25) is 0 Å². The Labute approximate surface area is 116 Å². The van der Waals surface area contributed by atoms with Gasteiger partial charge >= 0.3 is 5.97 Å². The summed E-state index contributed by atoms with van der Waals surface area (Å²) < 4.78 is 0. The van der Waals surface area contributed by atoms with Gasteiger partial charge in [-0.15, -0.1) is 0 Å².